The first kappa shape index (κ1) is 12.4. The van der Waals surface area contributed by atoms with Crippen LogP contribution in [0.5, 0.6) is 0 Å². The van der Waals surface area contributed by atoms with Gasteiger partial charge in [-0.15, -0.1) is 0 Å². The van der Waals surface area contributed by atoms with Gasteiger partial charge in [-0.1, -0.05) is 15.9 Å². The Hall–Kier alpha value is -1.63. The number of alkyl halides is 1. The maximum Gasteiger partial charge on any atom is 0.419 e. The summed E-state index contributed by atoms with van der Waals surface area (Å²) in [6.45, 7) is 0.533. The first-order chi connectivity index (χ1) is 9.04. The molecule has 2 aromatic rings. The van der Waals surface area contributed by atoms with E-state index in [4.69, 9.17) is 4.42 Å². The zero-order valence-corrected chi connectivity index (χ0v) is 11.6. The Morgan fingerprint density at radius 3 is 2.79 bits per heavy atom. The van der Waals surface area contributed by atoms with Crippen molar-refractivity contribution in [3.05, 3.63) is 38.9 Å². The maximum atomic E-state index is 11.9. The minimum absolute atomic E-state index is 0.0364. The van der Waals surface area contributed by atoms with Crippen LogP contribution in [-0.2, 0) is 6.54 Å². The monoisotopic (exact) mass is 326 g/mol. The number of halogens is 1. The van der Waals surface area contributed by atoms with Crippen molar-refractivity contribution in [2.45, 2.75) is 19.4 Å². The molecule has 3 rings (SSSR count). The van der Waals surface area contributed by atoms with Crippen molar-refractivity contribution in [1.29, 1.82) is 0 Å². The Kier molecular flexibility index (Phi) is 2.74. The van der Waals surface area contributed by atoms with Gasteiger partial charge in [0, 0.05) is 24.0 Å². The zero-order chi connectivity index (χ0) is 13.6. The molecule has 0 aliphatic heterocycles. The number of nitro groups is 1. The van der Waals surface area contributed by atoms with Gasteiger partial charge in [-0.05, 0) is 24.3 Å². The number of oxazole rings is 1. The predicted molar refractivity (Wildman–Crippen MR) is 72.6 cm³/mol. The van der Waals surface area contributed by atoms with E-state index in [0.29, 0.717) is 17.6 Å². The van der Waals surface area contributed by atoms with Crippen LogP contribution in [0.25, 0.3) is 11.1 Å². The Bertz CT molecular complexity index is 714. The summed E-state index contributed by atoms with van der Waals surface area (Å²) in [6, 6.07) is 4.20. The van der Waals surface area contributed by atoms with Crippen LogP contribution in [-0.4, -0.2) is 14.8 Å². The number of hydrogen-bond acceptors (Lipinski definition) is 4. The summed E-state index contributed by atoms with van der Waals surface area (Å²) < 4.78 is 6.62. The van der Waals surface area contributed by atoms with Crippen LogP contribution >= 0.6 is 15.9 Å². The Labute approximate surface area is 116 Å². The van der Waals surface area contributed by atoms with Crippen molar-refractivity contribution in [2.75, 3.05) is 5.33 Å². The molecule has 19 heavy (non-hydrogen) atoms. The Morgan fingerprint density at radius 1 is 1.47 bits per heavy atom. The molecule has 1 saturated carbocycles. The van der Waals surface area contributed by atoms with Crippen molar-refractivity contribution >= 4 is 32.7 Å². The van der Waals surface area contributed by atoms with E-state index in [-0.39, 0.29) is 11.1 Å². The number of benzene rings is 1. The smallest absolute Gasteiger partial charge is 0.408 e. The van der Waals surface area contributed by atoms with Gasteiger partial charge in [0.05, 0.1) is 10.4 Å². The van der Waals surface area contributed by atoms with E-state index in [0.717, 1.165) is 18.2 Å². The van der Waals surface area contributed by atoms with E-state index < -0.39 is 10.7 Å². The van der Waals surface area contributed by atoms with Gasteiger partial charge in [-0.2, -0.15) is 0 Å². The lowest BCUT2D eigenvalue weighted by molar-refractivity contribution is -0.384. The molecule has 0 unspecified atom stereocenters. The number of fused-ring (bicyclic) bond motifs is 1. The first-order valence-electron chi connectivity index (χ1n) is 5.88. The highest BCUT2D eigenvalue weighted by molar-refractivity contribution is 9.09. The molecule has 0 amide bonds. The molecule has 1 fully saturated rings. The molecule has 0 saturated heterocycles. The third-order valence-corrected chi connectivity index (χ3v) is 4.79. The van der Waals surface area contributed by atoms with E-state index in [2.05, 4.69) is 15.9 Å². The zero-order valence-electron chi connectivity index (χ0n) is 9.97. The molecular weight excluding hydrogens is 316 g/mol. The number of nitro benzene ring substituents is 1. The predicted octanol–water partition coefficient (Wildman–Crippen LogP) is 2.68. The van der Waals surface area contributed by atoms with E-state index in [1.54, 1.807) is 0 Å². The second-order valence-electron chi connectivity index (χ2n) is 5.00. The topological polar surface area (TPSA) is 78.3 Å². The van der Waals surface area contributed by atoms with Gasteiger partial charge in [-0.25, -0.2) is 4.79 Å². The normalized spacial score (nSPS) is 16.7. The van der Waals surface area contributed by atoms with Crippen LogP contribution in [0.4, 0.5) is 5.69 Å². The standard InChI is InChI=1S/C12H11BrN2O4/c13-6-12(3-4-12)7-14-9-5-8(15(17)18)1-2-10(9)19-11(14)16/h1-2,5H,3-4,6-7H2. The summed E-state index contributed by atoms with van der Waals surface area (Å²) in [5, 5.41) is 11.6. The number of rotatable bonds is 4. The SMILES string of the molecule is O=c1oc2ccc([N+](=O)[O-])cc2n1CC1(CBr)CC1. The largest absolute Gasteiger partial charge is 0.419 e. The van der Waals surface area contributed by atoms with Crippen molar-refractivity contribution in [3.63, 3.8) is 0 Å². The quantitative estimate of drug-likeness (QED) is 0.491. The van der Waals surface area contributed by atoms with Gasteiger partial charge in [0.2, 0.25) is 0 Å². The lowest BCUT2D eigenvalue weighted by Gasteiger charge is -2.11. The molecule has 7 heteroatoms. The van der Waals surface area contributed by atoms with Gasteiger partial charge in [0.25, 0.3) is 5.69 Å². The molecule has 100 valence electrons. The highest BCUT2D eigenvalue weighted by Gasteiger charge is 2.42. The molecular formula is C12H11BrN2O4. The van der Waals surface area contributed by atoms with Gasteiger partial charge < -0.3 is 4.42 Å². The second kappa shape index (κ2) is 4.19. The third-order valence-electron chi connectivity index (χ3n) is 3.60. The number of hydrogen-bond donors (Lipinski definition) is 0. The first-order valence-corrected chi connectivity index (χ1v) is 7.01. The summed E-state index contributed by atoms with van der Waals surface area (Å²) in [7, 11) is 0. The molecule has 1 aliphatic rings. The van der Waals surface area contributed by atoms with Crippen molar-refractivity contribution in [3.8, 4) is 0 Å². The second-order valence-corrected chi connectivity index (χ2v) is 5.56. The molecule has 1 aliphatic carbocycles. The van der Waals surface area contributed by atoms with Gasteiger partial charge in [0.1, 0.15) is 0 Å². The number of non-ortho nitro benzene ring substituents is 1. The van der Waals surface area contributed by atoms with Crippen molar-refractivity contribution in [1.82, 2.24) is 4.57 Å². The van der Waals surface area contributed by atoms with Gasteiger partial charge in [0.15, 0.2) is 5.58 Å². The fourth-order valence-electron chi connectivity index (χ4n) is 2.16. The Morgan fingerprint density at radius 2 is 2.21 bits per heavy atom. The molecule has 1 aromatic heterocycles. The van der Waals surface area contributed by atoms with E-state index in [9.17, 15) is 14.9 Å². The van der Waals surface area contributed by atoms with Crippen LogP contribution in [0.2, 0.25) is 0 Å². The molecule has 6 nitrogen and oxygen atoms in total. The average molecular weight is 327 g/mol. The molecule has 0 N–H and O–H groups in total. The van der Waals surface area contributed by atoms with Crippen molar-refractivity contribution in [2.24, 2.45) is 5.41 Å². The summed E-state index contributed by atoms with van der Waals surface area (Å²) in [4.78, 5) is 22.2. The van der Waals surface area contributed by atoms with E-state index >= 15 is 0 Å². The van der Waals surface area contributed by atoms with Crippen LogP contribution in [0.3, 0.4) is 0 Å². The van der Waals surface area contributed by atoms with Gasteiger partial charge >= 0.3 is 5.76 Å². The number of nitrogens with zero attached hydrogens (tertiary/aromatic N) is 2. The van der Waals surface area contributed by atoms with Crippen molar-refractivity contribution < 1.29 is 9.34 Å². The maximum absolute atomic E-state index is 11.9. The minimum atomic E-state index is -0.474. The van der Waals surface area contributed by atoms with Crippen LogP contribution in [0, 0.1) is 15.5 Å². The van der Waals surface area contributed by atoms with Crippen LogP contribution in [0.15, 0.2) is 27.4 Å². The van der Waals surface area contributed by atoms with Crippen LogP contribution in [0.1, 0.15) is 12.8 Å². The fraction of sp³-hybridized carbons (Fsp3) is 0.417. The highest BCUT2D eigenvalue weighted by Crippen LogP contribution is 2.48. The molecule has 0 bridgehead atoms. The lowest BCUT2D eigenvalue weighted by atomic mass is 10.1. The number of aromatic nitrogens is 1. The third kappa shape index (κ3) is 2.07. The lowest BCUT2D eigenvalue weighted by Crippen LogP contribution is -2.21. The highest BCUT2D eigenvalue weighted by atomic mass is 79.9. The van der Waals surface area contributed by atoms with E-state index in [1.807, 2.05) is 0 Å². The molecule has 0 atom stereocenters. The summed E-state index contributed by atoms with van der Waals surface area (Å²) in [5.41, 5.74) is 0.934. The van der Waals surface area contributed by atoms with E-state index in [1.165, 1.54) is 22.8 Å². The van der Waals surface area contributed by atoms with Gasteiger partial charge in [-0.3, -0.25) is 14.7 Å². The fourth-order valence-corrected chi connectivity index (χ4v) is 2.90. The average Bonchev–Trinajstić information content (AvgIpc) is 3.10. The minimum Gasteiger partial charge on any atom is -0.408 e. The summed E-state index contributed by atoms with van der Waals surface area (Å²) in [6.07, 6.45) is 2.10. The molecule has 1 heterocycles. The molecule has 0 radical (unpaired) electrons. The molecule has 0 spiro atoms. The Balaban J connectivity index is 2.11. The summed E-state index contributed by atoms with van der Waals surface area (Å²) >= 11 is 3.45. The molecule has 1 aromatic carbocycles. The van der Waals surface area contributed by atoms with Crippen LogP contribution < -0.4 is 5.76 Å². The summed E-state index contributed by atoms with van der Waals surface area (Å²) in [5.74, 6) is -0.456.